The zero-order valence-corrected chi connectivity index (χ0v) is 13.0. The van der Waals surface area contributed by atoms with E-state index in [9.17, 15) is 19.5 Å². The van der Waals surface area contributed by atoms with E-state index in [4.69, 9.17) is 4.74 Å². The number of aliphatic carboxylic acids is 1. The molecule has 1 aliphatic heterocycles. The second kappa shape index (κ2) is 6.43. The lowest BCUT2D eigenvalue weighted by atomic mass is 9.85. The number of rotatable bonds is 5. The summed E-state index contributed by atoms with van der Waals surface area (Å²) >= 11 is 0. The second-order valence-electron chi connectivity index (χ2n) is 6.61. The van der Waals surface area contributed by atoms with Gasteiger partial charge in [-0.15, -0.1) is 0 Å². The van der Waals surface area contributed by atoms with E-state index in [-0.39, 0.29) is 38.0 Å². The highest BCUT2D eigenvalue weighted by Crippen LogP contribution is 2.28. The van der Waals surface area contributed by atoms with Gasteiger partial charge in [0, 0.05) is 18.4 Å². The lowest BCUT2D eigenvalue weighted by molar-refractivity contribution is -0.149. The van der Waals surface area contributed by atoms with E-state index in [1.54, 1.807) is 27.7 Å². The molecule has 3 N–H and O–H groups in total. The Morgan fingerprint density at radius 2 is 1.95 bits per heavy atom. The van der Waals surface area contributed by atoms with Crippen LogP contribution in [0.15, 0.2) is 0 Å². The van der Waals surface area contributed by atoms with Crippen LogP contribution in [0.5, 0.6) is 0 Å². The highest BCUT2D eigenvalue weighted by molar-refractivity contribution is 5.83. The van der Waals surface area contributed by atoms with Gasteiger partial charge in [0.1, 0.15) is 5.41 Å². The van der Waals surface area contributed by atoms with Crippen LogP contribution in [0.1, 0.15) is 34.1 Å². The summed E-state index contributed by atoms with van der Waals surface area (Å²) in [5.41, 5.74) is -1.61. The fraction of sp³-hybridized carbons (Fsp3) is 0.786. The van der Waals surface area contributed by atoms with Crippen molar-refractivity contribution in [2.75, 3.05) is 19.8 Å². The van der Waals surface area contributed by atoms with Crippen LogP contribution >= 0.6 is 0 Å². The molecule has 0 saturated carbocycles. The topological polar surface area (TPSA) is 105 Å². The standard InChI is InChI=1S/C14H24N2O5/c1-13(2,3)11(18)15-6-5-10(17)16-9-7-21-8-14(9,4)12(19)20/h9H,5-8H2,1-4H3,(H,15,18)(H,16,17)(H,19,20). The van der Waals surface area contributed by atoms with Crippen molar-refractivity contribution in [3.8, 4) is 0 Å². The number of hydrogen-bond donors (Lipinski definition) is 3. The molecule has 1 fully saturated rings. The average Bonchev–Trinajstić information content (AvgIpc) is 2.71. The molecule has 1 aliphatic rings. The molecule has 0 aromatic heterocycles. The molecule has 0 bridgehead atoms. The second-order valence-corrected chi connectivity index (χ2v) is 6.61. The van der Waals surface area contributed by atoms with Crippen molar-refractivity contribution >= 4 is 17.8 Å². The normalized spacial score (nSPS) is 25.4. The molecule has 1 saturated heterocycles. The third-order valence-electron chi connectivity index (χ3n) is 3.60. The zero-order chi connectivity index (χ0) is 16.3. The molecular formula is C14H24N2O5. The van der Waals surface area contributed by atoms with Gasteiger partial charge in [-0.05, 0) is 6.92 Å². The van der Waals surface area contributed by atoms with Crippen LogP contribution in [-0.4, -0.2) is 48.7 Å². The molecule has 7 nitrogen and oxygen atoms in total. The number of amides is 2. The summed E-state index contributed by atoms with van der Waals surface area (Å²) < 4.78 is 5.16. The average molecular weight is 300 g/mol. The maximum Gasteiger partial charge on any atom is 0.313 e. The number of carbonyl (C=O) groups is 3. The fourth-order valence-corrected chi connectivity index (χ4v) is 1.91. The predicted molar refractivity (Wildman–Crippen MR) is 75.6 cm³/mol. The first-order chi connectivity index (χ1) is 9.57. The van der Waals surface area contributed by atoms with Crippen LogP contribution in [0.2, 0.25) is 0 Å². The molecule has 120 valence electrons. The van der Waals surface area contributed by atoms with E-state index in [2.05, 4.69) is 10.6 Å². The van der Waals surface area contributed by atoms with Crippen LogP contribution in [0, 0.1) is 10.8 Å². The number of carboxylic acids is 1. The molecule has 21 heavy (non-hydrogen) atoms. The first kappa shape index (κ1) is 17.4. The van der Waals surface area contributed by atoms with Gasteiger partial charge in [-0.25, -0.2) is 0 Å². The minimum atomic E-state index is -1.11. The third kappa shape index (κ3) is 4.42. The Morgan fingerprint density at radius 3 is 2.48 bits per heavy atom. The molecule has 1 rings (SSSR count). The summed E-state index contributed by atoms with van der Waals surface area (Å²) in [6, 6.07) is -0.555. The predicted octanol–water partition coefficient (Wildman–Crippen LogP) is 0.145. The summed E-state index contributed by atoms with van der Waals surface area (Å²) in [6.45, 7) is 7.40. The minimum absolute atomic E-state index is 0.0774. The maximum absolute atomic E-state index is 11.8. The Balaban J connectivity index is 2.41. The quantitative estimate of drug-likeness (QED) is 0.670. The van der Waals surface area contributed by atoms with Gasteiger partial charge in [-0.3, -0.25) is 14.4 Å². The van der Waals surface area contributed by atoms with Crippen molar-refractivity contribution in [2.45, 2.75) is 40.2 Å². The molecule has 0 radical (unpaired) electrons. The lowest BCUT2D eigenvalue weighted by Gasteiger charge is -2.25. The van der Waals surface area contributed by atoms with Gasteiger partial charge in [0.05, 0.1) is 19.3 Å². The SMILES string of the molecule is CC(C)(C)C(=O)NCCC(=O)NC1COCC1(C)C(=O)O. The first-order valence-electron chi connectivity index (χ1n) is 6.96. The van der Waals surface area contributed by atoms with Gasteiger partial charge in [0.2, 0.25) is 11.8 Å². The van der Waals surface area contributed by atoms with E-state index in [0.29, 0.717) is 0 Å². The number of nitrogens with one attached hydrogen (secondary N) is 2. The summed E-state index contributed by atoms with van der Waals surface area (Å²) in [4.78, 5) is 34.7. The van der Waals surface area contributed by atoms with E-state index >= 15 is 0 Å². The molecule has 0 spiro atoms. The number of ether oxygens (including phenoxy) is 1. The summed E-state index contributed by atoms with van der Waals surface area (Å²) in [7, 11) is 0. The highest BCUT2D eigenvalue weighted by Gasteiger charge is 2.47. The van der Waals surface area contributed by atoms with Crippen LogP contribution in [0.25, 0.3) is 0 Å². The molecule has 2 atom stereocenters. The molecule has 0 aliphatic carbocycles. The largest absolute Gasteiger partial charge is 0.481 e. The first-order valence-corrected chi connectivity index (χ1v) is 6.96. The van der Waals surface area contributed by atoms with Gasteiger partial charge >= 0.3 is 5.97 Å². The van der Waals surface area contributed by atoms with Crippen LogP contribution in [0.3, 0.4) is 0 Å². The van der Waals surface area contributed by atoms with E-state index in [1.165, 1.54) is 0 Å². The molecule has 1 heterocycles. The van der Waals surface area contributed by atoms with E-state index in [1.807, 2.05) is 0 Å². The summed E-state index contributed by atoms with van der Waals surface area (Å²) in [5.74, 6) is -1.42. The zero-order valence-electron chi connectivity index (χ0n) is 13.0. The number of carbonyl (C=O) groups excluding carboxylic acids is 2. The summed E-state index contributed by atoms with van der Waals surface area (Å²) in [5, 5.41) is 14.5. The Morgan fingerprint density at radius 1 is 1.33 bits per heavy atom. The third-order valence-corrected chi connectivity index (χ3v) is 3.60. The van der Waals surface area contributed by atoms with Gasteiger partial charge in [0.15, 0.2) is 0 Å². The van der Waals surface area contributed by atoms with Gasteiger partial charge in [-0.1, -0.05) is 20.8 Å². The van der Waals surface area contributed by atoms with Crippen molar-refractivity contribution < 1.29 is 24.2 Å². The van der Waals surface area contributed by atoms with Crippen molar-refractivity contribution in [3.05, 3.63) is 0 Å². The Kier molecular flexibility index (Phi) is 5.33. The molecule has 7 heteroatoms. The minimum Gasteiger partial charge on any atom is -0.481 e. The van der Waals surface area contributed by atoms with Crippen molar-refractivity contribution in [3.63, 3.8) is 0 Å². The van der Waals surface area contributed by atoms with E-state index in [0.717, 1.165) is 0 Å². The Hall–Kier alpha value is -1.63. The Bertz CT molecular complexity index is 430. The maximum atomic E-state index is 11.8. The van der Waals surface area contributed by atoms with Crippen molar-refractivity contribution in [2.24, 2.45) is 10.8 Å². The van der Waals surface area contributed by atoms with Gasteiger partial charge in [-0.2, -0.15) is 0 Å². The molecule has 0 aromatic carbocycles. The van der Waals surface area contributed by atoms with Gasteiger partial charge < -0.3 is 20.5 Å². The van der Waals surface area contributed by atoms with Crippen LogP contribution in [-0.2, 0) is 19.1 Å². The lowest BCUT2D eigenvalue weighted by Crippen LogP contribution is -2.50. The van der Waals surface area contributed by atoms with Crippen molar-refractivity contribution in [1.29, 1.82) is 0 Å². The molecule has 2 unspecified atom stereocenters. The van der Waals surface area contributed by atoms with Gasteiger partial charge in [0.25, 0.3) is 0 Å². The monoisotopic (exact) mass is 300 g/mol. The highest BCUT2D eigenvalue weighted by atomic mass is 16.5. The van der Waals surface area contributed by atoms with Crippen molar-refractivity contribution in [1.82, 2.24) is 10.6 Å². The molecule has 2 amide bonds. The van der Waals surface area contributed by atoms with Crippen LogP contribution < -0.4 is 10.6 Å². The van der Waals surface area contributed by atoms with E-state index < -0.39 is 22.8 Å². The molecule has 0 aromatic rings. The summed E-state index contributed by atoms with van der Waals surface area (Å²) in [6.07, 6.45) is 0.105. The molecular weight excluding hydrogens is 276 g/mol. The smallest absolute Gasteiger partial charge is 0.313 e. The fourth-order valence-electron chi connectivity index (χ4n) is 1.91. The Labute approximate surface area is 124 Å². The number of hydrogen-bond acceptors (Lipinski definition) is 4. The number of carboxylic acid groups (broad SMARTS) is 1. The van der Waals surface area contributed by atoms with Crippen LogP contribution in [0.4, 0.5) is 0 Å².